The number of nitrogens with one attached hydrogen (secondary N) is 1. The number of hydrogen-bond donors (Lipinski definition) is 2. The number of aliphatic hydroxyl groups excluding tert-OH is 1. The largest absolute Gasteiger partial charge is 0.467 e. The fourth-order valence-electron chi connectivity index (χ4n) is 1.99. The predicted molar refractivity (Wildman–Crippen MR) is 60.2 cm³/mol. The van der Waals surface area contributed by atoms with Gasteiger partial charge in [0.15, 0.2) is 0 Å². The Morgan fingerprint density at radius 3 is 3.00 bits per heavy atom. The van der Waals surface area contributed by atoms with Gasteiger partial charge >= 0.3 is 5.97 Å². The number of anilines is 1. The molecule has 0 fully saturated rings. The number of para-hydroxylation sites is 1. The fraction of sp³-hybridized carbons (Fsp3) is 0.417. The Morgan fingerprint density at radius 1 is 1.50 bits per heavy atom. The molecule has 0 saturated carbocycles. The van der Waals surface area contributed by atoms with Gasteiger partial charge in [-0.25, -0.2) is 4.79 Å². The number of carbonyl (C=O) groups is 1. The molecule has 1 aromatic carbocycles. The minimum absolute atomic E-state index is 0.337. The maximum absolute atomic E-state index is 11.5. The zero-order valence-corrected chi connectivity index (χ0v) is 9.14. The summed E-state index contributed by atoms with van der Waals surface area (Å²) >= 11 is 0. The van der Waals surface area contributed by atoms with Crippen LogP contribution in [0, 0.1) is 0 Å². The van der Waals surface area contributed by atoms with Gasteiger partial charge in [-0.2, -0.15) is 0 Å². The molecule has 2 N–H and O–H groups in total. The summed E-state index contributed by atoms with van der Waals surface area (Å²) in [5.41, 5.74) is 1.93. The average molecular weight is 221 g/mol. The maximum atomic E-state index is 11.5. The zero-order valence-electron chi connectivity index (χ0n) is 9.14. The van der Waals surface area contributed by atoms with Gasteiger partial charge in [0.2, 0.25) is 0 Å². The molecule has 0 saturated heterocycles. The van der Waals surface area contributed by atoms with Gasteiger partial charge in [-0.05, 0) is 11.6 Å². The van der Waals surface area contributed by atoms with Gasteiger partial charge < -0.3 is 15.2 Å². The van der Waals surface area contributed by atoms with E-state index in [-0.39, 0.29) is 5.97 Å². The Morgan fingerprint density at radius 2 is 2.25 bits per heavy atom. The molecule has 86 valence electrons. The molecule has 2 rings (SSSR count). The summed E-state index contributed by atoms with van der Waals surface area (Å²) < 4.78 is 4.70. The number of rotatable bonds is 1. The molecule has 1 aromatic rings. The highest BCUT2D eigenvalue weighted by molar-refractivity contribution is 5.80. The lowest BCUT2D eigenvalue weighted by molar-refractivity contribution is -0.142. The Labute approximate surface area is 94.2 Å². The van der Waals surface area contributed by atoms with Crippen molar-refractivity contribution in [2.45, 2.75) is 25.0 Å². The Hall–Kier alpha value is -1.55. The SMILES string of the molecule is COC(=O)[C@H]1C[C@@H](O)Cc2ccccc2N1. The molecule has 0 bridgehead atoms. The van der Waals surface area contributed by atoms with E-state index in [1.54, 1.807) is 0 Å². The first-order valence-corrected chi connectivity index (χ1v) is 5.31. The second-order valence-corrected chi connectivity index (χ2v) is 3.97. The van der Waals surface area contributed by atoms with Gasteiger partial charge in [0, 0.05) is 18.5 Å². The van der Waals surface area contributed by atoms with Crippen molar-refractivity contribution in [3.8, 4) is 0 Å². The van der Waals surface area contributed by atoms with E-state index < -0.39 is 12.1 Å². The van der Waals surface area contributed by atoms with Gasteiger partial charge in [0.25, 0.3) is 0 Å². The molecule has 0 spiro atoms. The van der Waals surface area contributed by atoms with Crippen LogP contribution in [0.5, 0.6) is 0 Å². The van der Waals surface area contributed by atoms with E-state index in [1.807, 2.05) is 24.3 Å². The number of esters is 1. The molecular formula is C12H15NO3. The fourth-order valence-corrected chi connectivity index (χ4v) is 1.99. The monoisotopic (exact) mass is 221 g/mol. The van der Waals surface area contributed by atoms with Gasteiger partial charge in [0.05, 0.1) is 13.2 Å². The van der Waals surface area contributed by atoms with Crippen molar-refractivity contribution in [1.29, 1.82) is 0 Å². The highest BCUT2D eigenvalue weighted by Gasteiger charge is 2.26. The first-order chi connectivity index (χ1) is 7.70. The lowest BCUT2D eigenvalue weighted by Gasteiger charge is -2.16. The van der Waals surface area contributed by atoms with Crippen LogP contribution in [0.4, 0.5) is 5.69 Å². The average Bonchev–Trinajstić information content (AvgIpc) is 2.45. The maximum Gasteiger partial charge on any atom is 0.328 e. The van der Waals surface area contributed by atoms with Crippen molar-refractivity contribution in [1.82, 2.24) is 0 Å². The molecule has 1 aliphatic heterocycles. The molecule has 16 heavy (non-hydrogen) atoms. The number of benzene rings is 1. The van der Waals surface area contributed by atoms with E-state index >= 15 is 0 Å². The molecule has 0 aromatic heterocycles. The minimum Gasteiger partial charge on any atom is -0.467 e. The number of aliphatic hydroxyl groups is 1. The zero-order chi connectivity index (χ0) is 11.5. The van der Waals surface area contributed by atoms with E-state index in [0.717, 1.165) is 11.3 Å². The molecule has 0 unspecified atom stereocenters. The van der Waals surface area contributed by atoms with Gasteiger partial charge in [-0.1, -0.05) is 18.2 Å². The normalized spacial score (nSPS) is 23.9. The Balaban J connectivity index is 2.27. The van der Waals surface area contributed by atoms with Crippen LogP contribution in [0.2, 0.25) is 0 Å². The van der Waals surface area contributed by atoms with E-state index in [0.29, 0.717) is 12.8 Å². The molecule has 1 aliphatic rings. The van der Waals surface area contributed by atoms with E-state index in [2.05, 4.69) is 5.32 Å². The van der Waals surface area contributed by atoms with Crippen LogP contribution in [0.25, 0.3) is 0 Å². The van der Waals surface area contributed by atoms with E-state index in [4.69, 9.17) is 4.74 Å². The van der Waals surface area contributed by atoms with Crippen LogP contribution in [-0.4, -0.2) is 30.3 Å². The van der Waals surface area contributed by atoms with Crippen LogP contribution < -0.4 is 5.32 Å². The van der Waals surface area contributed by atoms with E-state index in [1.165, 1.54) is 7.11 Å². The third-order valence-corrected chi connectivity index (χ3v) is 2.80. The van der Waals surface area contributed by atoms with Crippen LogP contribution in [0.1, 0.15) is 12.0 Å². The topological polar surface area (TPSA) is 58.6 Å². The quantitative estimate of drug-likeness (QED) is 0.693. The number of ether oxygens (including phenoxy) is 1. The van der Waals surface area contributed by atoms with Crippen molar-refractivity contribution in [2.75, 3.05) is 12.4 Å². The van der Waals surface area contributed by atoms with Crippen molar-refractivity contribution >= 4 is 11.7 Å². The summed E-state index contributed by atoms with van der Waals surface area (Å²) in [7, 11) is 1.35. The first kappa shape index (κ1) is 11.0. The smallest absolute Gasteiger partial charge is 0.328 e. The van der Waals surface area contributed by atoms with Gasteiger partial charge in [-0.15, -0.1) is 0 Å². The summed E-state index contributed by atoms with van der Waals surface area (Å²) in [6.45, 7) is 0. The van der Waals surface area contributed by atoms with Crippen molar-refractivity contribution in [3.63, 3.8) is 0 Å². The molecule has 0 radical (unpaired) electrons. The summed E-state index contributed by atoms with van der Waals surface area (Å²) in [6, 6.07) is 7.21. The third kappa shape index (κ3) is 2.17. The second kappa shape index (κ2) is 4.53. The molecule has 2 atom stereocenters. The summed E-state index contributed by atoms with van der Waals surface area (Å²) in [6.07, 6.45) is 0.429. The molecule has 0 amide bonds. The molecule has 0 aliphatic carbocycles. The Bertz CT molecular complexity index is 392. The third-order valence-electron chi connectivity index (χ3n) is 2.80. The number of fused-ring (bicyclic) bond motifs is 1. The van der Waals surface area contributed by atoms with Crippen LogP contribution in [-0.2, 0) is 16.0 Å². The molecular weight excluding hydrogens is 206 g/mol. The standard InChI is InChI=1S/C12H15NO3/c1-16-12(15)11-7-9(14)6-8-4-2-3-5-10(8)13-11/h2-5,9,11,13-14H,6-7H2,1H3/t9-,11+/m0/s1. The minimum atomic E-state index is -0.514. The molecule has 4 nitrogen and oxygen atoms in total. The highest BCUT2D eigenvalue weighted by atomic mass is 16.5. The highest BCUT2D eigenvalue weighted by Crippen LogP contribution is 2.24. The first-order valence-electron chi connectivity index (χ1n) is 5.31. The lowest BCUT2D eigenvalue weighted by atomic mass is 10.0. The van der Waals surface area contributed by atoms with Crippen LogP contribution in [0.15, 0.2) is 24.3 Å². The predicted octanol–water partition coefficient (Wildman–Crippen LogP) is 0.947. The van der Waals surface area contributed by atoms with Gasteiger partial charge in [-0.3, -0.25) is 0 Å². The Kier molecular flexibility index (Phi) is 3.10. The van der Waals surface area contributed by atoms with Crippen LogP contribution in [0.3, 0.4) is 0 Å². The summed E-state index contributed by atoms with van der Waals surface area (Å²) in [5.74, 6) is -0.337. The second-order valence-electron chi connectivity index (χ2n) is 3.97. The van der Waals surface area contributed by atoms with Gasteiger partial charge in [0.1, 0.15) is 6.04 Å². The van der Waals surface area contributed by atoms with Crippen molar-refractivity contribution in [3.05, 3.63) is 29.8 Å². The van der Waals surface area contributed by atoms with Crippen LogP contribution >= 0.6 is 0 Å². The summed E-state index contributed by atoms with van der Waals surface area (Å²) in [4.78, 5) is 11.5. The number of carbonyl (C=O) groups excluding carboxylic acids is 1. The summed E-state index contributed by atoms with van der Waals surface area (Å²) in [5, 5.41) is 12.9. The van der Waals surface area contributed by atoms with Crippen molar-refractivity contribution in [2.24, 2.45) is 0 Å². The number of hydrogen-bond acceptors (Lipinski definition) is 4. The molecule has 1 heterocycles. The van der Waals surface area contributed by atoms with Crippen molar-refractivity contribution < 1.29 is 14.6 Å². The number of methoxy groups -OCH3 is 1. The lowest BCUT2D eigenvalue weighted by Crippen LogP contribution is -2.32. The van der Waals surface area contributed by atoms with E-state index in [9.17, 15) is 9.90 Å². The molecule has 4 heteroatoms.